The molecule has 1 aromatic carbocycles. The van der Waals surface area contributed by atoms with Crippen LogP contribution in [-0.4, -0.2) is 46.1 Å². The average molecular weight is 352 g/mol. The summed E-state index contributed by atoms with van der Waals surface area (Å²) < 4.78 is 5.36. The molecule has 1 aromatic heterocycles. The van der Waals surface area contributed by atoms with Gasteiger partial charge in [0.1, 0.15) is 0 Å². The van der Waals surface area contributed by atoms with Crippen molar-refractivity contribution in [1.82, 2.24) is 20.4 Å². The van der Waals surface area contributed by atoms with Crippen LogP contribution in [0.4, 0.5) is 0 Å². The zero-order valence-corrected chi connectivity index (χ0v) is 15.0. The summed E-state index contributed by atoms with van der Waals surface area (Å²) in [5.74, 6) is 1.91. The van der Waals surface area contributed by atoms with Crippen molar-refractivity contribution in [2.75, 3.05) is 7.05 Å². The van der Waals surface area contributed by atoms with Crippen LogP contribution in [0.1, 0.15) is 60.6 Å². The maximum Gasteiger partial charge on any atom is 0.257 e. The SMILES string of the molecule is CN(C(=O)c1ccc(-c2nc(C3CC3)no2)cc1)C1CC2CCC(C1)N2. The molecule has 0 radical (unpaired) electrons. The summed E-state index contributed by atoms with van der Waals surface area (Å²) >= 11 is 0. The van der Waals surface area contributed by atoms with Gasteiger partial charge in [0.05, 0.1) is 0 Å². The third-order valence-electron chi connectivity index (χ3n) is 6.08. The molecule has 2 saturated heterocycles. The first kappa shape index (κ1) is 16.0. The van der Waals surface area contributed by atoms with Crippen LogP contribution in [0.3, 0.4) is 0 Å². The predicted octanol–water partition coefficient (Wildman–Crippen LogP) is 2.97. The highest BCUT2D eigenvalue weighted by Gasteiger charge is 2.36. The first-order valence-corrected chi connectivity index (χ1v) is 9.64. The topological polar surface area (TPSA) is 71.3 Å². The molecule has 3 fully saturated rings. The molecule has 2 atom stereocenters. The zero-order chi connectivity index (χ0) is 17.7. The number of nitrogens with one attached hydrogen (secondary N) is 1. The smallest absolute Gasteiger partial charge is 0.257 e. The van der Waals surface area contributed by atoms with E-state index in [-0.39, 0.29) is 5.91 Å². The fourth-order valence-corrected chi connectivity index (χ4v) is 4.33. The molecule has 2 aromatic rings. The average Bonchev–Trinajstić information content (AvgIpc) is 3.32. The lowest BCUT2D eigenvalue weighted by Crippen LogP contribution is -2.48. The van der Waals surface area contributed by atoms with Gasteiger partial charge in [0.25, 0.3) is 11.8 Å². The third kappa shape index (κ3) is 2.92. The maximum atomic E-state index is 12.9. The van der Waals surface area contributed by atoms with Gasteiger partial charge in [-0.1, -0.05) is 5.16 Å². The highest BCUT2D eigenvalue weighted by atomic mass is 16.5. The van der Waals surface area contributed by atoms with Crippen LogP contribution in [0.15, 0.2) is 28.8 Å². The van der Waals surface area contributed by atoms with Gasteiger partial charge < -0.3 is 14.7 Å². The fraction of sp³-hybridized carbons (Fsp3) is 0.550. The molecule has 2 aliphatic heterocycles. The van der Waals surface area contributed by atoms with Crippen molar-refractivity contribution in [3.05, 3.63) is 35.7 Å². The second kappa shape index (κ2) is 6.20. The Morgan fingerprint density at radius 2 is 1.81 bits per heavy atom. The van der Waals surface area contributed by atoms with Crippen LogP contribution in [0.25, 0.3) is 11.5 Å². The Morgan fingerprint density at radius 3 is 2.46 bits per heavy atom. The molecule has 2 unspecified atom stereocenters. The summed E-state index contributed by atoms with van der Waals surface area (Å²) in [5, 5.41) is 7.69. The number of fused-ring (bicyclic) bond motifs is 2. The molecule has 26 heavy (non-hydrogen) atoms. The van der Waals surface area contributed by atoms with E-state index in [1.54, 1.807) is 0 Å². The number of hydrogen-bond donors (Lipinski definition) is 1. The minimum atomic E-state index is 0.0899. The fourth-order valence-electron chi connectivity index (χ4n) is 4.33. The molecule has 0 spiro atoms. The number of carbonyl (C=O) groups is 1. The van der Waals surface area contributed by atoms with Gasteiger partial charge in [0.15, 0.2) is 5.82 Å². The van der Waals surface area contributed by atoms with Crippen molar-refractivity contribution in [2.24, 2.45) is 0 Å². The first-order chi connectivity index (χ1) is 12.7. The molecule has 1 N–H and O–H groups in total. The Bertz CT molecular complexity index is 799. The Morgan fingerprint density at radius 1 is 1.12 bits per heavy atom. The molecule has 136 valence electrons. The van der Waals surface area contributed by atoms with Gasteiger partial charge in [-0.15, -0.1) is 0 Å². The minimum absolute atomic E-state index is 0.0899. The van der Waals surface area contributed by atoms with Crippen molar-refractivity contribution in [1.29, 1.82) is 0 Å². The lowest BCUT2D eigenvalue weighted by molar-refractivity contribution is 0.0681. The van der Waals surface area contributed by atoms with Crippen molar-refractivity contribution in [3.8, 4) is 11.5 Å². The Kier molecular flexibility index (Phi) is 3.81. The van der Waals surface area contributed by atoms with Crippen LogP contribution in [0, 0.1) is 0 Å². The molecule has 6 heteroatoms. The van der Waals surface area contributed by atoms with E-state index in [0.29, 0.717) is 35.5 Å². The van der Waals surface area contributed by atoms with Crippen molar-refractivity contribution in [2.45, 2.75) is 62.6 Å². The van der Waals surface area contributed by atoms with Crippen molar-refractivity contribution < 1.29 is 9.32 Å². The molecule has 5 rings (SSSR count). The molecular weight excluding hydrogens is 328 g/mol. The summed E-state index contributed by atoms with van der Waals surface area (Å²) in [5.41, 5.74) is 1.58. The van der Waals surface area contributed by atoms with Crippen LogP contribution in [0.2, 0.25) is 0 Å². The second-order valence-corrected chi connectivity index (χ2v) is 7.99. The Hall–Kier alpha value is -2.21. The van der Waals surface area contributed by atoms with Crippen molar-refractivity contribution >= 4 is 5.91 Å². The minimum Gasteiger partial charge on any atom is -0.339 e. The standard InChI is InChI=1S/C20H24N4O2/c1-24(17-10-15-8-9-16(11-17)21-15)20(25)14-6-4-13(5-7-14)19-22-18(23-26-19)12-2-3-12/h4-7,12,15-17,21H,2-3,8-11H2,1H3. The quantitative estimate of drug-likeness (QED) is 0.916. The molecular formula is C20H24N4O2. The van der Waals surface area contributed by atoms with Gasteiger partial charge >= 0.3 is 0 Å². The van der Waals surface area contributed by atoms with E-state index >= 15 is 0 Å². The van der Waals surface area contributed by atoms with Gasteiger partial charge in [0, 0.05) is 42.2 Å². The number of carbonyl (C=O) groups excluding carboxylic acids is 1. The van der Waals surface area contributed by atoms with Crippen LogP contribution in [-0.2, 0) is 0 Å². The largest absolute Gasteiger partial charge is 0.339 e. The van der Waals surface area contributed by atoms with Gasteiger partial charge in [-0.2, -0.15) is 4.98 Å². The van der Waals surface area contributed by atoms with E-state index in [1.807, 2.05) is 36.2 Å². The number of rotatable bonds is 4. The zero-order valence-electron chi connectivity index (χ0n) is 15.0. The molecule has 3 aliphatic rings. The van der Waals surface area contributed by atoms with Crippen LogP contribution >= 0.6 is 0 Å². The summed E-state index contributed by atoms with van der Waals surface area (Å²) in [6, 6.07) is 9.02. The van der Waals surface area contributed by atoms with Gasteiger partial charge in [-0.25, -0.2) is 0 Å². The Balaban J connectivity index is 1.29. The monoisotopic (exact) mass is 352 g/mol. The van der Waals surface area contributed by atoms with Crippen molar-refractivity contribution in [3.63, 3.8) is 0 Å². The number of hydrogen-bond acceptors (Lipinski definition) is 5. The third-order valence-corrected chi connectivity index (χ3v) is 6.08. The van der Waals surface area contributed by atoms with E-state index in [4.69, 9.17) is 4.52 Å². The van der Waals surface area contributed by atoms with E-state index in [0.717, 1.165) is 37.1 Å². The van der Waals surface area contributed by atoms with E-state index in [1.165, 1.54) is 12.8 Å². The van der Waals surface area contributed by atoms with Gasteiger partial charge in [0.2, 0.25) is 0 Å². The van der Waals surface area contributed by atoms with Crippen LogP contribution < -0.4 is 5.32 Å². The number of benzene rings is 1. The van der Waals surface area contributed by atoms with Gasteiger partial charge in [-0.05, 0) is 62.8 Å². The molecule has 1 amide bonds. The predicted molar refractivity (Wildman–Crippen MR) is 96.8 cm³/mol. The second-order valence-electron chi connectivity index (χ2n) is 7.99. The number of aromatic nitrogens is 2. The Labute approximate surface area is 153 Å². The molecule has 6 nitrogen and oxygen atoms in total. The molecule has 1 aliphatic carbocycles. The molecule has 2 bridgehead atoms. The first-order valence-electron chi connectivity index (χ1n) is 9.64. The van der Waals surface area contributed by atoms with E-state index in [9.17, 15) is 4.79 Å². The number of nitrogens with zero attached hydrogens (tertiary/aromatic N) is 3. The molecule has 1 saturated carbocycles. The van der Waals surface area contributed by atoms with Crippen LogP contribution in [0.5, 0.6) is 0 Å². The van der Waals surface area contributed by atoms with Gasteiger partial charge in [-0.3, -0.25) is 4.79 Å². The van der Waals surface area contributed by atoms with E-state index < -0.39 is 0 Å². The normalized spacial score (nSPS) is 27.5. The summed E-state index contributed by atoms with van der Waals surface area (Å²) in [7, 11) is 1.94. The van der Waals surface area contributed by atoms with E-state index in [2.05, 4.69) is 15.5 Å². The number of amides is 1. The lowest BCUT2D eigenvalue weighted by atomic mass is 9.98. The highest BCUT2D eigenvalue weighted by molar-refractivity contribution is 5.94. The summed E-state index contributed by atoms with van der Waals surface area (Å²) in [6.07, 6.45) is 6.90. The molecule has 3 heterocycles. The number of piperidine rings is 1. The summed E-state index contributed by atoms with van der Waals surface area (Å²) in [6.45, 7) is 0. The summed E-state index contributed by atoms with van der Waals surface area (Å²) in [4.78, 5) is 19.3. The lowest BCUT2D eigenvalue weighted by Gasteiger charge is -2.35. The maximum absolute atomic E-state index is 12.9. The highest BCUT2D eigenvalue weighted by Crippen LogP contribution is 2.39.